The molecule has 0 aromatic heterocycles. The minimum Gasteiger partial charge on any atom is -0.488 e. The highest BCUT2D eigenvalue weighted by Gasteiger charge is 2.32. The molecule has 3 aromatic rings. The first kappa shape index (κ1) is 30.7. The molecular formula is C31H31BrN4O5S. The molecule has 0 radical (unpaired) electrons. The monoisotopic (exact) mass is 650 g/mol. The van der Waals surface area contributed by atoms with Gasteiger partial charge in [-0.15, -0.1) is 0 Å². The number of hydrogen-bond donors (Lipinski definition) is 3. The lowest BCUT2D eigenvalue weighted by molar-refractivity contribution is -0.139. The Morgan fingerprint density at radius 1 is 1.05 bits per heavy atom. The number of carbonyl (C=O) groups is 2. The third-order valence-corrected chi connectivity index (χ3v) is 7.07. The fourth-order valence-electron chi connectivity index (χ4n) is 4.17. The maximum Gasteiger partial charge on any atom is 0.338 e. The Balaban J connectivity index is 1.34. The number of allylic oxidation sites excluding steroid dienone is 1. The number of esters is 1. The maximum absolute atomic E-state index is 12.7. The van der Waals surface area contributed by atoms with E-state index < -0.39 is 17.9 Å². The Labute approximate surface area is 258 Å². The van der Waals surface area contributed by atoms with Crippen LogP contribution in [0.25, 0.3) is 0 Å². The topological polar surface area (TPSA) is 110 Å². The highest BCUT2D eigenvalue weighted by atomic mass is 79.9. The Bertz CT molecular complexity index is 1520. The number of hydrogen-bond acceptors (Lipinski definition) is 7. The van der Waals surface area contributed by atoms with Gasteiger partial charge in [0, 0.05) is 11.3 Å². The number of rotatable bonds is 11. The average molecular weight is 652 g/mol. The van der Waals surface area contributed by atoms with Crippen molar-refractivity contribution in [3.05, 3.63) is 105 Å². The Morgan fingerprint density at radius 3 is 2.55 bits per heavy atom. The van der Waals surface area contributed by atoms with Gasteiger partial charge in [0.05, 0.1) is 28.9 Å². The van der Waals surface area contributed by atoms with Crippen LogP contribution in [0.2, 0.25) is 0 Å². The largest absolute Gasteiger partial charge is 0.488 e. The summed E-state index contributed by atoms with van der Waals surface area (Å²) in [7, 11) is 0. The lowest BCUT2D eigenvalue weighted by Gasteiger charge is -2.30. The minimum atomic E-state index is -0.614. The lowest BCUT2D eigenvalue weighted by atomic mass is 9.95. The van der Waals surface area contributed by atoms with E-state index in [0.717, 1.165) is 15.6 Å². The second kappa shape index (κ2) is 14.6. The van der Waals surface area contributed by atoms with Crippen LogP contribution in [0.1, 0.15) is 42.1 Å². The summed E-state index contributed by atoms with van der Waals surface area (Å²) in [5.41, 5.74) is 7.11. The van der Waals surface area contributed by atoms with Gasteiger partial charge < -0.3 is 24.8 Å². The van der Waals surface area contributed by atoms with Crippen molar-refractivity contribution in [2.75, 3.05) is 13.2 Å². The number of nitrogens with zero attached hydrogens (tertiary/aromatic N) is 1. The van der Waals surface area contributed by atoms with Crippen molar-refractivity contribution in [2.45, 2.75) is 33.4 Å². The van der Waals surface area contributed by atoms with Crippen molar-refractivity contribution in [3.63, 3.8) is 0 Å². The van der Waals surface area contributed by atoms with E-state index in [1.165, 1.54) is 11.8 Å². The van der Waals surface area contributed by atoms with Gasteiger partial charge in [0.2, 0.25) is 0 Å². The number of amides is 1. The van der Waals surface area contributed by atoms with E-state index in [1.807, 2.05) is 55.5 Å². The molecule has 4 rings (SSSR count). The summed E-state index contributed by atoms with van der Waals surface area (Å²) in [6.07, 6.45) is 1.53. The maximum atomic E-state index is 12.7. The quantitative estimate of drug-likeness (QED) is 0.112. The molecule has 3 N–H and O–H groups in total. The van der Waals surface area contributed by atoms with Gasteiger partial charge in [-0.2, -0.15) is 5.10 Å². The zero-order valence-corrected chi connectivity index (χ0v) is 25.8. The van der Waals surface area contributed by atoms with Gasteiger partial charge in [0.1, 0.15) is 18.1 Å². The summed E-state index contributed by atoms with van der Waals surface area (Å²) in [5, 5.41) is 10.5. The number of nitrogens with one attached hydrogen (secondary N) is 3. The molecular weight excluding hydrogens is 620 g/mol. The molecule has 1 heterocycles. The molecule has 0 spiro atoms. The van der Waals surface area contributed by atoms with Crippen LogP contribution in [0.15, 0.2) is 87.6 Å². The number of ether oxygens (including phenoxy) is 3. The van der Waals surface area contributed by atoms with E-state index in [4.69, 9.17) is 26.4 Å². The second-order valence-corrected chi connectivity index (χ2v) is 10.6. The molecule has 1 atom stereocenters. The molecule has 0 saturated carbocycles. The van der Waals surface area contributed by atoms with Crippen LogP contribution in [-0.4, -0.2) is 36.4 Å². The van der Waals surface area contributed by atoms with E-state index in [2.05, 4.69) is 37.1 Å². The van der Waals surface area contributed by atoms with Gasteiger partial charge in [0.25, 0.3) is 5.91 Å². The minimum absolute atomic E-state index is 0.231. The Hall–Kier alpha value is -4.22. The van der Waals surface area contributed by atoms with Gasteiger partial charge in [-0.1, -0.05) is 48.0 Å². The number of benzene rings is 3. The van der Waals surface area contributed by atoms with Gasteiger partial charge in [-0.3, -0.25) is 4.79 Å². The second-order valence-electron chi connectivity index (χ2n) is 9.37. The molecule has 1 amide bonds. The highest BCUT2D eigenvalue weighted by Crippen LogP contribution is 2.33. The SMILES string of the molecule is CCOC(=O)C1=C(C)NC(=S)N[C@H]1c1ccccc1OCC(=O)NN=Cc1ccc(OCc2ccc(C)cc2)c(Br)c1. The number of aryl methyl sites for hydroxylation is 1. The molecule has 0 bridgehead atoms. The summed E-state index contributed by atoms with van der Waals surface area (Å²) >= 11 is 8.84. The summed E-state index contributed by atoms with van der Waals surface area (Å²) in [6.45, 7) is 5.93. The summed E-state index contributed by atoms with van der Waals surface area (Å²) in [4.78, 5) is 25.2. The van der Waals surface area contributed by atoms with Crippen LogP contribution in [-0.2, 0) is 20.9 Å². The van der Waals surface area contributed by atoms with Gasteiger partial charge in [0.15, 0.2) is 11.7 Å². The first-order chi connectivity index (χ1) is 20.2. The predicted molar refractivity (Wildman–Crippen MR) is 168 cm³/mol. The molecule has 0 unspecified atom stereocenters. The van der Waals surface area contributed by atoms with Crippen LogP contribution in [0, 0.1) is 6.92 Å². The number of para-hydroxylation sites is 1. The molecule has 1 aliphatic rings. The standard InChI is InChI=1S/C31H31BrN4O5S/c1-4-39-30(38)28-20(3)34-31(42)35-29(28)23-7-5-6-8-25(23)41-18-27(37)36-33-16-22-13-14-26(24(32)15-22)40-17-21-11-9-19(2)10-12-21/h5-16,29H,4,17-18H2,1-3H3,(H,36,37)(H2,34,35,42)/t29-/m0/s1. The van der Waals surface area contributed by atoms with E-state index >= 15 is 0 Å². The first-order valence-electron chi connectivity index (χ1n) is 13.2. The van der Waals surface area contributed by atoms with Crippen molar-refractivity contribution in [1.82, 2.24) is 16.1 Å². The van der Waals surface area contributed by atoms with Crippen molar-refractivity contribution >= 4 is 51.4 Å². The molecule has 3 aromatic carbocycles. The molecule has 218 valence electrons. The van der Waals surface area contributed by atoms with Crippen LogP contribution < -0.4 is 25.5 Å². The van der Waals surface area contributed by atoms with Crippen molar-refractivity contribution < 1.29 is 23.8 Å². The lowest BCUT2D eigenvalue weighted by Crippen LogP contribution is -2.45. The van der Waals surface area contributed by atoms with Crippen LogP contribution in [0.3, 0.4) is 0 Å². The van der Waals surface area contributed by atoms with Crippen LogP contribution in [0.5, 0.6) is 11.5 Å². The van der Waals surface area contributed by atoms with Gasteiger partial charge in [-0.05, 0) is 84.3 Å². The average Bonchev–Trinajstić information content (AvgIpc) is 2.96. The van der Waals surface area contributed by atoms with Gasteiger partial charge in [-0.25, -0.2) is 10.2 Å². The zero-order chi connectivity index (χ0) is 30.1. The summed E-state index contributed by atoms with van der Waals surface area (Å²) < 4.78 is 17.8. The molecule has 42 heavy (non-hydrogen) atoms. The fourth-order valence-corrected chi connectivity index (χ4v) is 4.95. The first-order valence-corrected chi connectivity index (χ1v) is 14.4. The smallest absolute Gasteiger partial charge is 0.338 e. The van der Waals surface area contributed by atoms with Gasteiger partial charge >= 0.3 is 5.97 Å². The molecule has 0 saturated heterocycles. The zero-order valence-electron chi connectivity index (χ0n) is 23.4. The third kappa shape index (κ3) is 8.17. The number of hydrazone groups is 1. The molecule has 0 aliphatic carbocycles. The fraction of sp³-hybridized carbons (Fsp3) is 0.226. The van der Waals surface area contributed by atoms with Crippen molar-refractivity contribution in [2.24, 2.45) is 5.10 Å². The third-order valence-electron chi connectivity index (χ3n) is 6.23. The number of halogens is 1. The Kier molecular flexibility index (Phi) is 10.7. The molecule has 9 nitrogen and oxygen atoms in total. The van der Waals surface area contributed by atoms with E-state index in [9.17, 15) is 9.59 Å². The van der Waals surface area contributed by atoms with E-state index in [-0.39, 0.29) is 13.2 Å². The van der Waals surface area contributed by atoms with Crippen molar-refractivity contribution in [3.8, 4) is 11.5 Å². The highest BCUT2D eigenvalue weighted by molar-refractivity contribution is 9.10. The summed E-state index contributed by atoms with van der Waals surface area (Å²) in [6, 6.07) is 20.2. The van der Waals surface area contributed by atoms with Crippen LogP contribution >= 0.6 is 28.1 Å². The number of carbonyl (C=O) groups excluding carboxylic acids is 2. The molecule has 0 fully saturated rings. The predicted octanol–water partition coefficient (Wildman–Crippen LogP) is 5.22. The Morgan fingerprint density at radius 2 is 1.81 bits per heavy atom. The van der Waals surface area contributed by atoms with E-state index in [0.29, 0.717) is 40.1 Å². The normalized spacial score (nSPS) is 14.7. The molecule has 11 heteroatoms. The summed E-state index contributed by atoms with van der Waals surface area (Å²) in [5.74, 6) is 0.189. The van der Waals surface area contributed by atoms with E-state index in [1.54, 1.807) is 32.0 Å². The van der Waals surface area contributed by atoms with Crippen molar-refractivity contribution in [1.29, 1.82) is 0 Å². The number of thiocarbonyl (C=S) groups is 1. The molecule has 1 aliphatic heterocycles. The van der Waals surface area contributed by atoms with Crippen LogP contribution in [0.4, 0.5) is 0 Å².